The van der Waals surface area contributed by atoms with Crippen molar-refractivity contribution in [3.63, 3.8) is 0 Å². The molecule has 3 aromatic rings. The van der Waals surface area contributed by atoms with Crippen molar-refractivity contribution < 1.29 is 5.11 Å². The SMILES string of the molecule is C=C([C@H]1C[C@H](Nc2nc(-c3ccccc3O)nc3ccccc23)CN1)N(C)CC. The van der Waals surface area contributed by atoms with Crippen molar-refractivity contribution in [2.24, 2.45) is 0 Å². The molecule has 1 aliphatic rings. The first-order valence-electron chi connectivity index (χ1n) is 10.0. The van der Waals surface area contributed by atoms with Gasteiger partial charge in [-0.05, 0) is 37.6 Å². The van der Waals surface area contributed by atoms with E-state index >= 15 is 0 Å². The summed E-state index contributed by atoms with van der Waals surface area (Å²) in [7, 11) is 2.07. The molecule has 0 aliphatic carbocycles. The molecule has 6 heteroatoms. The van der Waals surface area contributed by atoms with E-state index in [2.05, 4.69) is 41.1 Å². The summed E-state index contributed by atoms with van der Waals surface area (Å²) in [4.78, 5) is 11.6. The van der Waals surface area contributed by atoms with Crippen molar-refractivity contribution in [2.45, 2.75) is 25.4 Å². The largest absolute Gasteiger partial charge is 0.507 e. The maximum absolute atomic E-state index is 10.3. The highest BCUT2D eigenvalue weighted by atomic mass is 16.3. The zero-order valence-electron chi connectivity index (χ0n) is 16.9. The highest BCUT2D eigenvalue weighted by Crippen LogP contribution is 2.30. The minimum absolute atomic E-state index is 0.176. The van der Waals surface area contributed by atoms with E-state index < -0.39 is 0 Å². The fourth-order valence-corrected chi connectivity index (χ4v) is 3.73. The summed E-state index contributed by atoms with van der Waals surface area (Å²) < 4.78 is 0. The monoisotopic (exact) mass is 389 g/mol. The molecule has 0 saturated carbocycles. The molecule has 150 valence electrons. The minimum Gasteiger partial charge on any atom is -0.507 e. The average molecular weight is 390 g/mol. The number of phenolic OH excluding ortho intramolecular Hbond substituents is 1. The summed E-state index contributed by atoms with van der Waals surface area (Å²) in [5, 5.41) is 18.4. The van der Waals surface area contributed by atoms with Gasteiger partial charge in [0, 0.05) is 43.3 Å². The van der Waals surface area contributed by atoms with E-state index in [1.807, 2.05) is 36.4 Å². The van der Waals surface area contributed by atoms with E-state index in [4.69, 9.17) is 4.98 Å². The van der Waals surface area contributed by atoms with Gasteiger partial charge in [-0.1, -0.05) is 30.8 Å². The summed E-state index contributed by atoms with van der Waals surface area (Å²) in [6.45, 7) is 8.15. The lowest BCUT2D eigenvalue weighted by Crippen LogP contribution is -2.32. The van der Waals surface area contributed by atoms with Crippen molar-refractivity contribution in [1.82, 2.24) is 20.2 Å². The van der Waals surface area contributed by atoms with Gasteiger partial charge in [-0.25, -0.2) is 9.97 Å². The second-order valence-electron chi connectivity index (χ2n) is 7.47. The third-order valence-corrected chi connectivity index (χ3v) is 5.59. The van der Waals surface area contributed by atoms with Crippen LogP contribution in [0.3, 0.4) is 0 Å². The van der Waals surface area contributed by atoms with E-state index in [9.17, 15) is 5.11 Å². The Hall–Kier alpha value is -3.12. The van der Waals surface area contributed by atoms with Crippen LogP contribution in [0.4, 0.5) is 5.82 Å². The van der Waals surface area contributed by atoms with Gasteiger partial charge >= 0.3 is 0 Å². The molecule has 6 nitrogen and oxygen atoms in total. The Labute approximate surface area is 171 Å². The molecule has 1 saturated heterocycles. The number of hydrogen-bond acceptors (Lipinski definition) is 6. The molecule has 2 heterocycles. The van der Waals surface area contributed by atoms with Crippen LogP contribution in [0.1, 0.15) is 13.3 Å². The lowest BCUT2D eigenvalue weighted by Gasteiger charge is -2.24. The first-order chi connectivity index (χ1) is 14.1. The summed E-state index contributed by atoms with van der Waals surface area (Å²) >= 11 is 0. The van der Waals surface area contributed by atoms with Crippen molar-refractivity contribution in [1.29, 1.82) is 0 Å². The maximum Gasteiger partial charge on any atom is 0.165 e. The molecule has 0 radical (unpaired) electrons. The standard InChI is InChI=1S/C23H27N5O/c1-4-28(3)15(2)20-13-16(14-24-20)25-22-17-9-5-7-11-19(17)26-23(27-22)18-10-6-8-12-21(18)29/h5-12,16,20,24,29H,2,4,13-14H2,1,3H3,(H,25,26,27)/t16-,20+/m0/s1. The van der Waals surface area contributed by atoms with Crippen LogP contribution in [0, 0.1) is 0 Å². The van der Waals surface area contributed by atoms with E-state index in [1.54, 1.807) is 12.1 Å². The van der Waals surface area contributed by atoms with Crippen molar-refractivity contribution >= 4 is 16.7 Å². The van der Waals surface area contributed by atoms with Gasteiger partial charge in [0.15, 0.2) is 5.82 Å². The molecule has 2 atom stereocenters. The number of fused-ring (bicyclic) bond motifs is 1. The van der Waals surface area contributed by atoms with Gasteiger partial charge in [0.25, 0.3) is 0 Å². The predicted molar refractivity (Wildman–Crippen MR) is 118 cm³/mol. The normalized spacial score (nSPS) is 18.7. The smallest absolute Gasteiger partial charge is 0.165 e. The second kappa shape index (κ2) is 8.09. The van der Waals surface area contributed by atoms with Gasteiger partial charge in [0.05, 0.1) is 11.1 Å². The van der Waals surface area contributed by atoms with E-state index in [-0.39, 0.29) is 17.8 Å². The number of nitrogens with zero attached hydrogens (tertiary/aromatic N) is 3. The number of para-hydroxylation sites is 2. The number of rotatable bonds is 6. The van der Waals surface area contributed by atoms with Crippen molar-refractivity contribution in [2.75, 3.05) is 25.5 Å². The van der Waals surface area contributed by atoms with Crippen LogP contribution < -0.4 is 10.6 Å². The number of phenols is 1. The fourth-order valence-electron chi connectivity index (χ4n) is 3.73. The van der Waals surface area contributed by atoms with Crippen LogP contribution in [-0.4, -0.2) is 52.2 Å². The number of aromatic nitrogens is 2. The van der Waals surface area contributed by atoms with Gasteiger partial charge in [0.1, 0.15) is 11.6 Å². The van der Waals surface area contributed by atoms with Gasteiger partial charge in [-0.15, -0.1) is 0 Å². The molecule has 29 heavy (non-hydrogen) atoms. The number of likely N-dealkylation sites (N-methyl/N-ethyl adjacent to an activating group) is 1. The van der Waals surface area contributed by atoms with Crippen LogP contribution in [0.25, 0.3) is 22.3 Å². The molecule has 0 unspecified atom stereocenters. The van der Waals surface area contributed by atoms with Crippen molar-refractivity contribution in [3.8, 4) is 17.1 Å². The first kappa shape index (κ1) is 19.2. The minimum atomic E-state index is 0.176. The Morgan fingerprint density at radius 2 is 1.97 bits per heavy atom. The zero-order chi connectivity index (χ0) is 20.4. The number of benzene rings is 2. The van der Waals surface area contributed by atoms with Crippen LogP contribution in [0.5, 0.6) is 5.75 Å². The Morgan fingerprint density at radius 3 is 2.76 bits per heavy atom. The molecular weight excluding hydrogens is 362 g/mol. The summed E-state index contributed by atoms with van der Waals surface area (Å²) in [5.74, 6) is 1.48. The maximum atomic E-state index is 10.3. The molecule has 0 spiro atoms. The molecular formula is C23H27N5O. The van der Waals surface area contributed by atoms with Gasteiger partial charge in [-0.2, -0.15) is 0 Å². The number of anilines is 1. The third kappa shape index (κ3) is 3.89. The highest BCUT2D eigenvalue weighted by Gasteiger charge is 2.28. The lowest BCUT2D eigenvalue weighted by atomic mass is 10.1. The van der Waals surface area contributed by atoms with E-state index in [0.717, 1.165) is 41.9 Å². The van der Waals surface area contributed by atoms with E-state index in [1.165, 1.54) is 0 Å². The number of nitrogens with one attached hydrogen (secondary N) is 2. The van der Waals surface area contributed by atoms with Crippen LogP contribution in [0.2, 0.25) is 0 Å². The van der Waals surface area contributed by atoms with Crippen molar-refractivity contribution in [3.05, 3.63) is 60.8 Å². The Morgan fingerprint density at radius 1 is 1.21 bits per heavy atom. The Bertz CT molecular complexity index is 1030. The molecule has 2 aromatic carbocycles. The quantitative estimate of drug-likeness (QED) is 0.598. The molecule has 0 bridgehead atoms. The summed E-state index contributed by atoms with van der Waals surface area (Å²) in [6.07, 6.45) is 0.938. The van der Waals surface area contributed by atoms with E-state index in [0.29, 0.717) is 11.4 Å². The van der Waals surface area contributed by atoms with Gasteiger partial charge in [-0.3, -0.25) is 0 Å². The third-order valence-electron chi connectivity index (χ3n) is 5.59. The summed E-state index contributed by atoms with van der Waals surface area (Å²) in [6, 6.07) is 15.6. The molecule has 1 aliphatic heterocycles. The second-order valence-corrected chi connectivity index (χ2v) is 7.47. The fraction of sp³-hybridized carbons (Fsp3) is 0.304. The Kier molecular flexibility index (Phi) is 5.36. The van der Waals surface area contributed by atoms with Crippen LogP contribution in [0.15, 0.2) is 60.8 Å². The van der Waals surface area contributed by atoms with Gasteiger partial charge < -0.3 is 20.6 Å². The molecule has 3 N–H and O–H groups in total. The molecule has 1 fully saturated rings. The highest BCUT2D eigenvalue weighted by molar-refractivity contribution is 5.91. The molecule has 4 rings (SSSR count). The predicted octanol–water partition coefficient (Wildman–Crippen LogP) is 3.61. The number of hydrogen-bond donors (Lipinski definition) is 3. The Balaban J connectivity index is 1.64. The zero-order valence-corrected chi connectivity index (χ0v) is 16.9. The molecule has 1 aromatic heterocycles. The summed E-state index contributed by atoms with van der Waals surface area (Å²) in [5.41, 5.74) is 2.59. The topological polar surface area (TPSA) is 73.3 Å². The average Bonchev–Trinajstić information content (AvgIpc) is 3.21. The van der Waals surface area contributed by atoms with Gasteiger partial charge in [0.2, 0.25) is 0 Å². The van der Waals surface area contributed by atoms with Crippen LogP contribution in [-0.2, 0) is 0 Å². The lowest BCUT2D eigenvalue weighted by molar-refractivity contribution is 0.396. The molecule has 0 amide bonds. The first-order valence-corrected chi connectivity index (χ1v) is 10.0. The van der Waals surface area contributed by atoms with Crippen LogP contribution >= 0.6 is 0 Å². The number of aromatic hydroxyl groups is 1.